The summed E-state index contributed by atoms with van der Waals surface area (Å²) in [5.74, 6) is 0. The van der Waals surface area contributed by atoms with Crippen LogP contribution in [0.1, 0.15) is 0 Å². The molecule has 0 spiro atoms. The lowest BCUT2D eigenvalue weighted by Gasteiger charge is -2.02. The minimum atomic E-state index is 0.472. The van der Waals surface area contributed by atoms with Crippen molar-refractivity contribution < 1.29 is 0 Å². The lowest BCUT2D eigenvalue weighted by molar-refractivity contribution is 0.771. The summed E-state index contributed by atoms with van der Waals surface area (Å²) in [6.07, 6.45) is 1.72. The van der Waals surface area contributed by atoms with Gasteiger partial charge in [0.1, 0.15) is 5.69 Å². The van der Waals surface area contributed by atoms with E-state index in [0.717, 1.165) is 5.56 Å². The van der Waals surface area contributed by atoms with Gasteiger partial charge in [-0.05, 0) is 6.07 Å². The smallest absolute Gasteiger partial charge is 0.112 e. The van der Waals surface area contributed by atoms with Crippen molar-refractivity contribution in [1.82, 2.24) is 9.78 Å². The zero-order valence-electron chi connectivity index (χ0n) is 7.84. The van der Waals surface area contributed by atoms with Crippen molar-refractivity contribution in [2.75, 3.05) is 0 Å². The highest BCUT2D eigenvalue weighted by molar-refractivity contribution is 6.44. The predicted molar refractivity (Wildman–Crippen MR) is 63.7 cm³/mol. The van der Waals surface area contributed by atoms with E-state index in [9.17, 15) is 0 Å². The van der Waals surface area contributed by atoms with Gasteiger partial charge in [-0.1, -0.05) is 46.9 Å². The first kappa shape index (κ1) is 10.8. The fraction of sp³-hybridized carbons (Fsp3) is 0.100. The highest BCUT2D eigenvalue weighted by Crippen LogP contribution is 2.35. The molecule has 2 rings (SSSR count). The Bertz CT molecular complexity index is 505. The molecule has 0 amide bonds. The van der Waals surface area contributed by atoms with E-state index in [1.807, 2.05) is 12.1 Å². The summed E-state index contributed by atoms with van der Waals surface area (Å²) in [5, 5.41) is 5.75. The van der Waals surface area contributed by atoms with Crippen molar-refractivity contribution in [3.05, 3.63) is 39.5 Å². The van der Waals surface area contributed by atoms with Gasteiger partial charge in [0.05, 0.1) is 15.1 Å². The number of halogens is 3. The van der Waals surface area contributed by atoms with Crippen LogP contribution >= 0.6 is 34.8 Å². The lowest BCUT2D eigenvalue weighted by Crippen LogP contribution is -1.88. The van der Waals surface area contributed by atoms with Crippen molar-refractivity contribution >= 4 is 34.8 Å². The van der Waals surface area contributed by atoms with Crippen LogP contribution in [0.4, 0.5) is 0 Å². The molecule has 0 radical (unpaired) electrons. The van der Waals surface area contributed by atoms with Gasteiger partial charge in [0, 0.05) is 18.8 Å². The van der Waals surface area contributed by atoms with Crippen LogP contribution in [-0.4, -0.2) is 9.78 Å². The van der Waals surface area contributed by atoms with E-state index >= 15 is 0 Å². The minimum Gasteiger partial charge on any atom is -0.274 e. The van der Waals surface area contributed by atoms with Gasteiger partial charge in [-0.3, -0.25) is 4.68 Å². The molecule has 0 unspecified atom stereocenters. The molecular formula is C10H7Cl3N2. The Labute approximate surface area is 102 Å². The largest absolute Gasteiger partial charge is 0.274 e. The van der Waals surface area contributed by atoms with Gasteiger partial charge in [-0.2, -0.15) is 5.10 Å². The van der Waals surface area contributed by atoms with E-state index in [1.165, 1.54) is 0 Å². The van der Waals surface area contributed by atoms with Crippen molar-refractivity contribution in [2.24, 2.45) is 7.05 Å². The highest BCUT2D eigenvalue weighted by atomic mass is 35.5. The fourth-order valence-corrected chi connectivity index (χ4v) is 2.00. The maximum absolute atomic E-state index is 6.07. The summed E-state index contributed by atoms with van der Waals surface area (Å²) in [7, 11) is 1.80. The summed E-state index contributed by atoms with van der Waals surface area (Å²) < 4.78 is 1.63. The molecule has 2 nitrogen and oxygen atoms in total. The molecule has 0 bridgehead atoms. The maximum atomic E-state index is 6.07. The van der Waals surface area contributed by atoms with Gasteiger partial charge in [-0.15, -0.1) is 0 Å². The van der Waals surface area contributed by atoms with Crippen LogP contribution in [0.25, 0.3) is 11.3 Å². The third-order valence-corrected chi connectivity index (χ3v) is 3.09. The van der Waals surface area contributed by atoms with Crippen LogP contribution in [-0.2, 0) is 7.05 Å². The monoisotopic (exact) mass is 260 g/mol. The van der Waals surface area contributed by atoms with E-state index in [2.05, 4.69) is 5.10 Å². The Morgan fingerprint density at radius 2 is 1.87 bits per heavy atom. The van der Waals surface area contributed by atoms with Crippen molar-refractivity contribution in [3.63, 3.8) is 0 Å². The Balaban J connectivity index is 2.64. The SMILES string of the molecule is Cn1cc(Cl)c(-c2cccc(Cl)c2Cl)n1. The Morgan fingerprint density at radius 1 is 1.13 bits per heavy atom. The Hall–Kier alpha value is -0.700. The molecular weight excluding hydrogens is 254 g/mol. The molecule has 78 valence electrons. The molecule has 0 saturated heterocycles. The fourth-order valence-electron chi connectivity index (χ4n) is 1.33. The van der Waals surface area contributed by atoms with E-state index in [1.54, 1.807) is 24.0 Å². The molecule has 1 heterocycles. The highest BCUT2D eigenvalue weighted by Gasteiger charge is 2.13. The third-order valence-electron chi connectivity index (χ3n) is 1.99. The molecule has 0 aliphatic rings. The summed E-state index contributed by atoms with van der Waals surface area (Å²) >= 11 is 18.0. The second-order valence-corrected chi connectivity index (χ2v) is 4.29. The molecule has 0 aliphatic carbocycles. The van der Waals surface area contributed by atoms with Crippen LogP contribution < -0.4 is 0 Å². The van der Waals surface area contributed by atoms with Gasteiger partial charge in [-0.25, -0.2) is 0 Å². The average molecular weight is 262 g/mol. The maximum Gasteiger partial charge on any atom is 0.112 e. The Kier molecular flexibility index (Phi) is 2.91. The molecule has 15 heavy (non-hydrogen) atoms. The van der Waals surface area contributed by atoms with Crippen LogP contribution in [0.5, 0.6) is 0 Å². The summed E-state index contributed by atoms with van der Waals surface area (Å²) in [5.41, 5.74) is 1.39. The number of nitrogens with zero attached hydrogens (tertiary/aromatic N) is 2. The van der Waals surface area contributed by atoms with Gasteiger partial charge < -0.3 is 0 Å². The van der Waals surface area contributed by atoms with E-state index in [-0.39, 0.29) is 0 Å². The summed E-state index contributed by atoms with van der Waals surface area (Å²) in [6.45, 7) is 0. The second-order valence-electron chi connectivity index (χ2n) is 3.10. The molecule has 0 N–H and O–H groups in total. The second kappa shape index (κ2) is 4.05. The summed E-state index contributed by atoms with van der Waals surface area (Å²) in [6, 6.07) is 5.38. The van der Waals surface area contributed by atoms with Gasteiger partial charge in [0.25, 0.3) is 0 Å². The minimum absolute atomic E-state index is 0.472. The van der Waals surface area contributed by atoms with E-state index < -0.39 is 0 Å². The van der Waals surface area contributed by atoms with Gasteiger partial charge in [0.2, 0.25) is 0 Å². The standard InChI is InChI=1S/C10H7Cl3N2/c1-15-5-8(12)10(14-15)6-3-2-4-7(11)9(6)13/h2-5H,1H3. The van der Waals surface area contributed by atoms with Crippen LogP contribution in [0.3, 0.4) is 0 Å². The molecule has 0 saturated carbocycles. The third kappa shape index (κ3) is 1.98. The van der Waals surface area contributed by atoms with Crippen LogP contribution in [0, 0.1) is 0 Å². The zero-order chi connectivity index (χ0) is 11.0. The van der Waals surface area contributed by atoms with Crippen molar-refractivity contribution in [1.29, 1.82) is 0 Å². The average Bonchev–Trinajstić information content (AvgIpc) is 2.50. The molecule has 5 heteroatoms. The molecule has 0 fully saturated rings. The molecule has 0 atom stereocenters. The molecule has 2 aromatic rings. The zero-order valence-corrected chi connectivity index (χ0v) is 10.1. The van der Waals surface area contributed by atoms with Gasteiger partial charge in [0.15, 0.2) is 0 Å². The van der Waals surface area contributed by atoms with Crippen LogP contribution in [0.2, 0.25) is 15.1 Å². The molecule has 1 aromatic carbocycles. The number of aromatic nitrogens is 2. The van der Waals surface area contributed by atoms with E-state index in [0.29, 0.717) is 20.8 Å². The molecule has 0 aliphatic heterocycles. The van der Waals surface area contributed by atoms with Crippen molar-refractivity contribution in [2.45, 2.75) is 0 Å². The number of hydrogen-bond donors (Lipinski definition) is 0. The Morgan fingerprint density at radius 3 is 2.47 bits per heavy atom. The number of benzene rings is 1. The molecule has 1 aromatic heterocycles. The number of hydrogen-bond acceptors (Lipinski definition) is 1. The first-order chi connectivity index (χ1) is 7.09. The first-order valence-corrected chi connectivity index (χ1v) is 5.36. The van der Waals surface area contributed by atoms with Crippen LogP contribution in [0.15, 0.2) is 24.4 Å². The lowest BCUT2D eigenvalue weighted by atomic mass is 10.1. The van der Waals surface area contributed by atoms with Crippen molar-refractivity contribution in [3.8, 4) is 11.3 Å². The number of rotatable bonds is 1. The first-order valence-electron chi connectivity index (χ1n) is 4.23. The quantitative estimate of drug-likeness (QED) is 0.757. The van der Waals surface area contributed by atoms with Gasteiger partial charge >= 0.3 is 0 Å². The summed E-state index contributed by atoms with van der Waals surface area (Å²) in [4.78, 5) is 0. The topological polar surface area (TPSA) is 17.8 Å². The number of aryl methyl sites for hydroxylation is 1. The predicted octanol–water partition coefficient (Wildman–Crippen LogP) is 4.05. The van der Waals surface area contributed by atoms with E-state index in [4.69, 9.17) is 34.8 Å². The normalized spacial score (nSPS) is 10.7.